The van der Waals surface area contributed by atoms with Crippen molar-refractivity contribution in [3.05, 3.63) is 86.4 Å². The summed E-state index contributed by atoms with van der Waals surface area (Å²) in [6, 6.07) is 21.1. The molecule has 8 heteroatoms. The second-order valence-electron chi connectivity index (χ2n) is 6.57. The quantitative estimate of drug-likeness (QED) is 0.135. The molecule has 0 aliphatic rings. The van der Waals surface area contributed by atoms with Crippen LogP contribution in [0.2, 0.25) is 5.02 Å². The van der Waals surface area contributed by atoms with Gasteiger partial charge in [-0.2, -0.15) is 5.10 Å². The highest BCUT2D eigenvalue weighted by Crippen LogP contribution is 2.34. The second kappa shape index (κ2) is 12.7. The van der Waals surface area contributed by atoms with E-state index < -0.39 is 0 Å². The minimum Gasteiger partial charge on any atom is -0.490 e. The Morgan fingerprint density at radius 2 is 1.88 bits per heavy atom. The van der Waals surface area contributed by atoms with Gasteiger partial charge in [-0.15, -0.1) is 11.8 Å². The Balaban J connectivity index is 1.59. The summed E-state index contributed by atoms with van der Waals surface area (Å²) in [5.74, 6) is 1.40. The van der Waals surface area contributed by atoms with Crippen LogP contribution in [-0.4, -0.2) is 24.5 Å². The van der Waals surface area contributed by atoms with Gasteiger partial charge in [0, 0.05) is 9.92 Å². The molecule has 0 radical (unpaired) electrons. The third-order valence-corrected chi connectivity index (χ3v) is 6.21. The van der Waals surface area contributed by atoms with Gasteiger partial charge in [0.15, 0.2) is 11.5 Å². The lowest BCUT2D eigenvalue weighted by atomic mass is 10.2. The maximum atomic E-state index is 12.1. The van der Waals surface area contributed by atoms with Crippen LogP contribution in [-0.2, 0) is 11.4 Å². The number of hydrogen-bond acceptors (Lipinski definition) is 5. The van der Waals surface area contributed by atoms with E-state index in [0.717, 1.165) is 19.6 Å². The van der Waals surface area contributed by atoms with E-state index >= 15 is 0 Å². The van der Waals surface area contributed by atoms with Crippen LogP contribution in [0.4, 0.5) is 0 Å². The molecule has 3 aromatic carbocycles. The van der Waals surface area contributed by atoms with Crippen LogP contribution in [0, 0.1) is 3.57 Å². The largest absolute Gasteiger partial charge is 0.490 e. The first-order valence-electron chi connectivity index (χ1n) is 9.88. The van der Waals surface area contributed by atoms with E-state index in [-0.39, 0.29) is 11.7 Å². The number of hydrazone groups is 1. The van der Waals surface area contributed by atoms with Gasteiger partial charge in [0.05, 0.1) is 22.1 Å². The molecule has 0 aliphatic heterocycles. The molecule has 32 heavy (non-hydrogen) atoms. The minimum absolute atomic E-state index is 0.191. The molecule has 0 spiro atoms. The van der Waals surface area contributed by atoms with Gasteiger partial charge in [0.25, 0.3) is 0 Å². The van der Waals surface area contributed by atoms with Crippen molar-refractivity contribution in [2.24, 2.45) is 5.10 Å². The third-order valence-electron chi connectivity index (χ3n) is 4.14. The number of carbonyl (C=O) groups is 1. The van der Waals surface area contributed by atoms with Gasteiger partial charge in [-0.1, -0.05) is 41.9 Å². The average molecular weight is 581 g/mol. The van der Waals surface area contributed by atoms with Crippen molar-refractivity contribution in [1.82, 2.24) is 5.43 Å². The summed E-state index contributed by atoms with van der Waals surface area (Å²) in [5, 5.41) is 4.74. The molecule has 0 aliphatic carbocycles. The van der Waals surface area contributed by atoms with E-state index in [4.69, 9.17) is 21.1 Å². The summed E-state index contributed by atoms with van der Waals surface area (Å²) in [5.41, 5.74) is 4.43. The predicted octanol–water partition coefficient (Wildman–Crippen LogP) is 6.16. The Morgan fingerprint density at radius 1 is 1.12 bits per heavy atom. The van der Waals surface area contributed by atoms with Crippen molar-refractivity contribution in [1.29, 1.82) is 0 Å². The van der Waals surface area contributed by atoms with Crippen molar-refractivity contribution < 1.29 is 14.3 Å². The first kappa shape index (κ1) is 24.4. The summed E-state index contributed by atoms with van der Waals surface area (Å²) < 4.78 is 12.7. The van der Waals surface area contributed by atoms with Gasteiger partial charge in [-0.05, 0) is 77.0 Å². The smallest absolute Gasteiger partial charge is 0.250 e. The zero-order chi connectivity index (χ0) is 22.8. The van der Waals surface area contributed by atoms with Crippen LogP contribution < -0.4 is 14.9 Å². The van der Waals surface area contributed by atoms with Gasteiger partial charge in [0.2, 0.25) is 5.91 Å². The molecule has 0 atom stereocenters. The van der Waals surface area contributed by atoms with E-state index in [2.05, 4.69) is 33.1 Å². The fourth-order valence-electron chi connectivity index (χ4n) is 2.69. The highest BCUT2D eigenvalue weighted by Gasteiger charge is 2.12. The van der Waals surface area contributed by atoms with Crippen molar-refractivity contribution in [2.45, 2.75) is 18.4 Å². The Bertz CT molecular complexity index is 1060. The lowest BCUT2D eigenvalue weighted by Gasteiger charge is -2.14. The minimum atomic E-state index is -0.191. The van der Waals surface area contributed by atoms with E-state index in [1.54, 1.807) is 18.3 Å². The van der Waals surface area contributed by atoms with Crippen molar-refractivity contribution >= 4 is 58.1 Å². The Hall–Kier alpha value is -2.23. The maximum absolute atomic E-state index is 12.1. The summed E-state index contributed by atoms with van der Waals surface area (Å²) in [6.07, 6.45) is 1.59. The van der Waals surface area contributed by atoms with Crippen LogP contribution in [0.15, 0.2) is 76.7 Å². The van der Waals surface area contributed by atoms with E-state index in [1.165, 1.54) is 11.8 Å². The second-order valence-corrected chi connectivity index (χ2v) is 9.22. The third kappa shape index (κ3) is 7.72. The lowest BCUT2D eigenvalue weighted by molar-refractivity contribution is -0.118. The zero-order valence-electron chi connectivity index (χ0n) is 17.4. The molecular weight excluding hydrogens is 559 g/mol. The number of thioether (sulfide) groups is 1. The first-order valence-corrected chi connectivity index (χ1v) is 12.3. The number of benzene rings is 3. The van der Waals surface area contributed by atoms with E-state index in [1.807, 2.05) is 61.5 Å². The number of ether oxygens (including phenoxy) is 2. The molecular formula is C24H22ClIN2O3S. The summed E-state index contributed by atoms with van der Waals surface area (Å²) >= 11 is 9.51. The Morgan fingerprint density at radius 3 is 2.59 bits per heavy atom. The van der Waals surface area contributed by atoms with E-state index in [9.17, 15) is 4.79 Å². The molecule has 0 heterocycles. The number of carbonyl (C=O) groups excluding carboxylic acids is 1. The highest BCUT2D eigenvalue weighted by atomic mass is 127. The van der Waals surface area contributed by atoms with Gasteiger partial charge in [0.1, 0.15) is 6.61 Å². The maximum Gasteiger partial charge on any atom is 0.250 e. The molecule has 1 amide bonds. The first-order chi connectivity index (χ1) is 15.5. The Labute approximate surface area is 210 Å². The van der Waals surface area contributed by atoms with Gasteiger partial charge in [-0.25, -0.2) is 5.43 Å². The number of hydrogen-bond donors (Lipinski definition) is 1. The molecule has 0 unspecified atom stereocenters. The van der Waals surface area contributed by atoms with Crippen LogP contribution in [0.5, 0.6) is 11.5 Å². The predicted molar refractivity (Wildman–Crippen MR) is 139 cm³/mol. The van der Waals surface area contributed by atoms with Gasteiger partial charge < -0.3 is 9.47 Å². The summed E-state index contributed by atoms with van der Waals surface area (Å²) in [6.45, 7) is 2.88. The number of amides is 1. The number of halogens is 2. The Kier molecular flexibility index (Phi) is 9.70. The molecule has 166 valence electrons. The highest BCUT2D eigenvalue weighted by molar-refractivity contribution is 14.1. The number of rotatable bonds is 10. The van der Waals surface area contributed by atoms with Crippen LogP contribution >= 0.6 is 46.0 Å². The van der Waals surface area contributed by atoms with E-state index in [0.29, 0.717) is 29.7 Å². The van der Waals surface area contributed by atoms with Crippen LogP contribution in [0.1, 0.15) is 18.1 Å². The van der Waals surface area contributed by atoms with Gasteiger partial charge >= 0.3 is 0 Å². The van der Waals surface area contributed by atoms with Crippen LogP contribution in [0.3, 0.4) is 0 Å². The fourth-order valence-corrected chi connectivity index (χ4v) is 4.28. The number of nitrogens with zero attached hydrogens (tertiary/aromatic N) is 1. The standard InChI is InChI=1S/C24H22ClIN2O3S/c1-2-30-22-13-18(12-21(26)24(22)31-15-17-6-4-3-5-7-17)14-27-28-23(29)16-32-20-10-8-19(25)9-11-20/h3-14H,2,15-16H2,1H3,(H,28,29)/b27-14-. The summed E-state index contributed by atoms with van der Waals surface area (Å²) in [7, 11) is 0. The molecule has 3 aromatic rings. The zero-order valence-corrected chi connectivity index (χ0v) is 21.1. The van der Waals surface area contributed by atoms with Crippen molar-refractivity contribution in [3.8, 4) is 11.5 Å². The van der Waals surface area contributed by atoms with Crippen molar-refractivity contribution in [2.75, 3.05) is 12.4 Å². The topological polar surface area (TPSA) is 59.9 Å². The monoisotopic (exact) mass is 580 g/mol. The summed E-state index contributed by atoms with van der Waals surface area (Å²) in [4.78, 5) is 13.0. The van der Waals surface area contributed by atoms with Crippen molar-refractivity contribution in [3.63, 3.8) is 0 Å². The SMILES string of the molecule is CCOc1cc(/C=N\NC(=O)CSc2ccc(Cl)cc2)cc(I)c1OCc1ccccc1. The molecule has 0 aromatic heterocycles. The molecule has 5 nitrogen and oxygen atoms in total. The molecule has 1 N–H and O–H groups in total. The molecule has 0 bridgehead atoms. The fraction of sp³-hybridized carbons (Fsp3) is 0.167. The average Bonchev–Trinajstić information content (AvgIpc) is 2.79. The van der Waals surface area contributed by atoms with Crippen LogP contribution in [0.25, 0.3) is 0 Å². The molecule has 0 fully saturated rings. The molecule has 0 saturated heterocycles. The van der Waals surface area contributed by atoms with Gasteiger partial charge in [-0.3, -0.25) is 4.79 Å². The lowest BCUT2D eigenvalue weighted by Crippen LogP contribution is -2.19. The molecule has 3 rings (SSSR count). The molecule has 0 saturated carbocycles. The number of nitrogens with one attached hydrogen (secondary N) is 1. The normalized spacial score (nSPS) is 10.8.